The van der Waals surface area contributed by atoms with Crippen molar-refractivity contribution in [1.82, 2.24) is 4.90 Å². The lowest BCUT2D eigenvalue weighted by Crippen LogP contribution is -2.44. The fourth-order valence-electron chi connectivity index (χ4n) is 1.47. The summed E-state index contributed by atoms with van der Waals surface area (Å²) in [6.07, 6.45) is 0. The van der Waals surface area contributed by atoms with E-state index in [1.165, 1.54) is 13.1 Å². The molecule has 1 saturated heterocycles. The van der Waals surface area contributed by atoms with E-state index in [-0.39, 0.29) is 19.0 Å². The number of amides is 2. The summed E-state index contributed by atoms with van der Waals surface area (Å²) in [4.78, 5) is 23.9. The first-order valence-corrected chi connectivity index (χ1v) is 5.90. The molecular weight excluding hydrogens is 261 g/mol. The lowest BCUT2D eigenvalue weighted by molar-refractivity contribution is -0.147. The predicted octanol–water partition coefficient (Wildman–Crippen LogP) is -0.197. The van der Waals surface area contributed by atoms with E-state index in [0.29, 0.717) is 5.56 Å². The number of likely N-dealkylation sites (N-methyl/N-ethyl adjacent to an activating group) is 1. The maximum atomic E-state index is 11.5. The van der Waals surface area contributed by atoms with Gasteiger partial charge in [-0.25, -0.2) is 0 Å². The average molecular weight is 273 g/mol. The molecule has 0 unspecified atom stereocenters. The Hall–Kier alpha value is -2.30. The van der Waals surface area contributed by atoms with Gasteiger partial charge in [-0.15, -0.1) is 0 Å². The molecule has 1 aliphatic rings. The minimum absolute atomic E-state index is 0.0396. The molecule has 1 aliphatic heterocycles. The van der Waals surface area contributed by atoms with Crippen molar-refractivity contribution in [3.63, 3.8) is 0 Å². The maximum absolute atomic E-state index is 11.5. The van der Waals surface area contributed by atoms with Crippen LogP contribution in [0.4, 0.5) is 0 Å². The highest BCUT2D eigenvalue weighted by Crippen LogP contribution is 2.13. The molecule has 1 aromatic rings. The molecule has 20 heavy (non-hydrogen) atoms. The fourth-order valence-corrected chi connectivity index (χ4v) is 1.47. The van der Waals surface area contributed by atoms with Crippen molar-refractivity contribution in [2.75, 3.05) is 20.3 Å². The third-order valence-corrected chi connectivity index (χ3v) is 2.69. The van der Waals surface area contributed by atoms with Gasteiger partial charge in [0, 0.05) is 7.05 Å². The Morgan fingerprint density at radius 2 is 1.80 bits per heavy atom. The number of carbonyl (C=O) groups is 2. The van der Waals surface area contributed by atoms with Crippen LogP contribution in [0.2, 0.25) is 0 Å². The number of para-hydroxylation sites is 1. The third-order valence-electron chi connectivity index (χ3n) is 2.69. The molecule has 0 aromatic heterocycles. The molecule has 1 N–H and O–H groups in total. The SMILES string of the molecule is CN1C(=O)COB(C#Cc2ccccc2O)OCC1=O. The number of hydrogen-bond donors (Lipinski definition) is 1. The molecule has 102 valence electrons. The largest absolute Gasteiger partial charge is 0.551 e. The van der Waals surface area contributed by atoms with Gasteiger partial charge < -0.3 is 14.4 Å². The van der Waals surface area contributed by atoms with E-state index < -0.39 is 18.9 Å². The zero-order chi connectivity index (χ0) is 14.5. The Bertz CT molecular complexity index is 572. The second kappa shape index (κ2) is 6.24. The van der Waals surface area contributed by atoms with Gasteiger partial charge in [0.15, 0.2) is 0 Å². The zero-order valence-electron chi connectivity index (χ0n) is 10.8. The van der Waals surface area contributed by atoms with E-state index in [4.69, 9.17) is 9.31 Å². The van der Waals surface area contributed by atoms with Gasteiger partial charge in [0.25, 0.3) is 11.8 Å². The topological polar surface area (TPSA) is 76.1 Å². The Balaban J connectivity index is 2.09. The number of phenols is 1. The first-order valence-electron chi connectivity index (χ1n) is 5.90. The van der Waals surface area contributed by atoms with Crippen molar-refractivity contribution in [2.45, 2.75) is 0 Å². The van der Waals surface area contributed by atoms with Crippen LogP contribution in [-0.4, -0.2) is 49.2 Å². The minimum Gasteiger partial charge on any atom is -0.507 e. The molecular formula is C13H12BNO5. The minimum atomic E-state index is -0.990. The number of phenolic OH excluding ortho intramolecular Hbond substituents is 1. The standard InChI is InChI=1S/C13H12BNO5/c1-15-12(17)8-19-14(20-9-13(15)18)7-6-10-4-2-3-5-11(10)16/h2-5,16H,8-9H2,1H3. The predicted molar refractivity (Wildman–Crippen MR) is 70.4 cm³/mol. The van der Waals surface area contributed by atoms with Gasteiger partial charge in [-0.3, -0.25) is 14.5 Å². The van der Waals surface area contributed by atoms with Gasteiger partial charge in [-0.1, -0.05) is 23.9 Å². The van der Waals surface area contributed by atoms with Crippen LogP contribution in [0, 0.1) is 11.7 Å². The zero-order valence-corrected chi connectivity index (χ0v) is 10.8. The van der Waals surface area contributed by atoms with Gasteiger partial charge in [0.2, 0.25) is 0 Å². The third kappa shape index (κ3) is 3.38. The van der Waals surface area contributed by atoms with E-state index >= 15 is 0 Å². The van der Waals surface area contributed by atoms with Gasteiger partial charge in [0.1, 0.15) is 19.0 Å². The summed E-state index contributed by atoms with van der Waals surface area (Å²) in [5, 5.41) is 9.56. The van der Waals surface area contributed by atoms with Crippen molar-refractivity contribution < 1.29 is 24.0 Å². The summed E-state index contributed by atoms with van der Waals surface area (Å²) in [6, 6.07) is 6.54. The van der Waals surface area contributed by atoms with Crippen LogP contribution in [0.15, 0.2) is 24.3 Å². The number of nitrogens with zero attached hydrogens (tertiary/aromatic N) is 1. The van der Waals surface area contributed by atoms with Crippen molar-refractivity contribution in [3.05, 3.63) is 29.8 Å². The molecule has 0 atom stereocenters. The summed E-state index contributed by atoms with van der Waals surface area (Å²) in [7, 11) is 0.377. The Labute approximate surface area is 116 Å². The highest BCUT2D eigenvalue weighted by Gasteiger charge is 2.27. The second-order valence-electron chi connectivity index (χ2n) is 4.09. The van der Waals surface area contributed by atoms with Crippen LogP contribution in [0.5, 0.6) is 5.75 Å². The second-order valence-corrected chi connectivity index (χ2v) is 4.09. The molecule has 7 heteroatoms. The van der Waals surface area contributed by atoms with Crippen LogP contribution >= 0.6 is 0 Å². The van der Waals surface area contributed by atoms with Crippen LogP contribution in [0.3, 0.4) is 0 Å². The Morgan fingerprint density at radius 1 is 1.20 bits per heavy atom. The van der Waals surface area contributed by atoms with Gasteiger partial charge >= 0.3 is 7.12 Å². The van der Waals surface area contributed by atoms with Crippen molar-refractivity contribution in [3.8, 4) is 17.5 Å². The molecule has 1 fully saturated rings. The summed E-state index contributed by atoms with van der Waals surface area (Å²) >= 11 is 0. The molecule has 2 amide bonds. The fraction of sp³-hybridized carbons (Fsp3) is 0.231. The maximum Gasteiger partial charge on any atom is 0.551 e. The summed E-state index contributed by atoms with van der Waals surface area (Å²) in [5.41, 5.74) is 0.413. The first-order chi connectivity index (χ1) is 9.58. The van der Waals surface area contributed by atoms with Gasteiger partial charge in [-0.05, 0) is 12.1 Å². The first kappa shape index (κ1) is 14.1. The van der Waals surface area contributed by atoms with E-state index in [1.807, 2.05) is 0 Å². The van der Waals surface area contributed by atoms with Gasteiger partial charge in [-0.2, -0.15) is 0 Å². The van der Waals surface area contributed by atoms with Crippen LogP contribution in [0.1, 0.15) is 5.56 Å². The van der Waals surface area contributed by atoms with Gasteiger partial charge in [0.05, 0.1) is 5.56 Å². The molecule has 2 rings (SSSR count). The highest BCUT2D eigenvalue weighted by molar-refractivity contribution is 6.55. The monoisotopic (exact) mass is 273 g/mol. The highest BCUT2D eigenvalue weighted by atomic mass is 16.6. The molecule has 1 aromatic carbocycles. The number of imide groups is 1. The van der Waals surface area contributed by atoms with Crippen LogP contribution in [-0.2, 0) is 18.9 Å². The summed E-state index contributed by atoms with van der Waals surface area (Å²) in [5.74, 6) is 4.45. The number of aromatic hydroxyl groups is 1. The van der Waals surface area contributed by atoms with E-state index in [0.717, 1.165) is 4.90 Å². The molecule has 0 spiro atoms. The number of benzene rings is 1. The van der Waals surface area contributed by atoms with Crippen LogP contribution < -0.4 is 0 Å². The number of carbonyl (C=O) groups excluding carboxylic acids is 2. The number of rotatable bonds is 0. The molecule has 0 saturated carbocycles. The normalized spacial score (nSPS) is 16.2. The van der Waals surface area contributed by atoms with Crippen molar-refractivity contribution >= 4 is 18.9 Å². The lowest BCUT2D eigenvalue weighted by atomic mass is 9.90. The smallest absolute Gasteiger partial charge is 0.507 e. The van der Waals surface area contributed by atoms with Crippen molar-refractivity contribution in [1.29, 1.82) is 0 Å². The Morgan fingerprint density at radius 3 is 2.40 bits per heavy atom. The number of hydrogen-bond acceptors (Lipinski definition) is 5. The summed E-state index contributed by atoms with van der Waals surface area (Å²) < 4.78 is 10.3. The molecule has 0 bridgehead atoms. The summed E-state index contributed by atoms with van der Waals surface area (Å²) in [6.45, 7) is -0.579. The quantitative estimate of drug-likeness (QED) is 0.402. The lowest BCUT2D eigenvalue weighted by Gasteiger charge is -2.20. The van der Waals surface area contributed by atoms with Crippen LogP contribution in [0.25, 0.3) is 0 Å². The molecule has 1 heterocycles. The Kier molecular flexibility index (Phi) is 4.40. The average Bonchev–Trinajstić information content (AvgIpc) is 2.45. The molecule has 6 nitrogen and oxygen atoms in total. The molecule has 0 aliphatic carbocycles. The van der Waals surface area contributed by atoms with E-state index in [1.54, 1.807) is 18.2 Å². The molecule has 0 radical (unpaired) electrons. The van der Waals surface area contributed by atoms with Crippen molar-refractivity contribution in [2.24, 2.45) is 0 Å². The van der Waals surface area contributed by atoms with E-state index in [2.05, 4.69) is 11.7 Å². The van der Waals surface area contributed by atoms with E-state index in [9.17, 15) is 14.7 Å².